The maximum Gasteiger partial charge on any atom is 0.223 e. The Kier molecular flexibility index (Phi) is 4.51. The number of nitrogen functional groups attached to an aromatic ring is 1. The molecule has 4 N–H and O–H groups in total. The van der Waals surface area contributed by atoms with Gasteiger partial charge in [0.2, 0.25) is 5.95 Å². The second-order valence-electron chi connectivity index (χ2n) is 4.16. The fraction of sp³-hybridized carbons (Fsp3) is 0.417. The summed E-state index contributed by atoms with van der Waals surface area (Å²) in [5.41, 5.74) is 6.73. The van der Waals surface area contributed by atoms with E-state index in [0.29, 0.717) is 12.4 Å². The van der Waals surface area contributed by atoms with Crippen molar-refractivity contribution in [2.45, 2.75) is 26.8 Å². The SMILES string of the molecule is CCCNc1cc(NCc2nc(C)cs2)nc(N)n1. The number of nitrogens with zero attached hydrogens (tertiary/aromatic N) is 3. The summed E-state index contributed by atoms with van der Waals surface area (Å²) < 4.78 is 0. The zero-order valence-corrected chi connectivity index (χ0v) is 11.9. The van der Waals surface area contributed by atoms with E-state index in [4.69, 9.17) is 5.73 Å². The van der Waals surface area contributed by atoms with E-state index in [-0.39, 0.29) is 5.95 Å². The fourth-order valence-electron chi connectivity index (χ4n) is 1.55. The molecule has 0 spiro atoms. The van der Waals surface area contributed by atoms with E-state index >= 15 is 0 Å². The van der Waals surface area contributed by atoms with Crippen molar-refractivity contribution in [2.75, 3.05) is 22.9 Å². The van der Waals surface area contributed by atoms with Crippen molar-refractivity contribution in [2.24, 2.45) is 0 Å². The Hall–Kier alpha value is -1.89. The lowest BCUT2D eigenvalue weighted by Crippen LogP contribution is -2.08. The Balaban J connectivity index is 2.01. The molecule has 2 aromatic heterocycles. The minimum atomic E-state index is 0.263. The summed E-state index contributed by atoms with van der Waals surface area (Å²) in [6.07, 6.45) is 1.03. The number of hydrogen-bond donors (Lipinski definition) is 3. The second-order valence-corrected chi connectivity index (χ2v) is 5.10. The van der Waals surface area contributed by atoms with Gasteiger partial charge in [-0.3, -0.25) is 0 Å². The average molecular weight is 278 g/mol. The highest BCUT2D eigenvalue weighted by Crippen LogP contribution is 2.15. The van der Waals surface area contributed by atoms with Crippen LogP contribution < -0.4 is 16.4 Å². The predicted octanol–water partition coefficient (Wildman–Crippen LogP) is 2.26. The zero-order chi connectivity index (χ0) is 13.7. The third-order valence-electron chi connectivity index (χ3n) is 2.39. The van der Waals surface area contributed by atoms with Crippen LogP contribution in [0.1, 0.15) is 24.0 Å². The Bertz CT molecular complexity index is 539. The molecule has 0 saturated heterocycles. The van der Waals surface area contributed by atoms with Crippen molar-refractivity contribution in [1.82, 2.24) is 15.0 Å². The lowest BCUT2D eigenvalue weighted by molar-refractivity contribution is 0.964. The molecular weight excluding hydrogens is 260 g/mol. The first-order valence-electron chi connectivity index (χ1n) is 6.20. The number of hydrogen-bond acceptors (Lipinski definition) is 7. The van der Waals surface area contributed by atoms with Gasteiger partial charge in [-0.15, -0.1) is 11.3 Å². The minimum Gasteiger partial charge on any atom is -0.370 e. The van der Waals surface area contributed by atoms with Gasteiger partial charge in [-0.1, -0.05) is 6.92 Å². The van der Waals surface area contributed by atoms with Gasteiger partial charge < -0.3 is 16.4 Å². The summed E-state index contributed by atoms with van der Waals surface area (Å²) in [7, 11) is 0. The number of thiazole rings is 1. The molecule has 0 fully saturated rings. The van der Waals surface area contributed by atoms with Gasteiger partial charge in [0.1, 0.15) is 16.6 Å². The average Bonchev–Trinajstić information content (AvgIpc) is 2.79. The first-order valence-corrected chi connectivity index (χ1v) is 7.08. The molecule has 2 aromatic rings. The molecule has 0 unspecified atom stereocenters. The highest BCUT2D eigenvalue weighted by atomic mass is 32.1. The molecule has 0 saturated carbocycles. The summed E-state index contributed by atoms with van der Waals surface area (Å²) in [6.45, 7) is 5.58. The Labute approximate surface area is 116 Å². The number of nitrogens with one attached hydrogen (secondary N) is 2. The monoisotopic (exact) mass is 278 g/mol. The van der Waals surface area contributed by atoms with Crippen LogP contribution in [0.3, 0.4) is 0 Å². The maximum absolute atomic E-state index is 5.69. The fourth-order valence-corrected chi connectivity index (χ4v) is 2.26. The van der Waals surface area contributed by atoms with Crippen LogP contribution in [0.5, 0.6) is 0 Å². The predicted molar refractivity (Wildman–Crippen MR) is 79.4 cm³/mol. The molecule has 2 heterocycles. The Morgan fingerprint density at radius 3 is 2.58 bits per heavy atom. The van der Waals surface area contributed by atoms with Crippen LogP contribution in [0.2, 0.25) is 0 Å². The molecule has 0 aliphatic carbocycles. The van der Waals surface area contributed by atoms with Crippen molar-refractivity contribution < 1.29 is 0 Å². The Morgan fingerprint density at radius 2 is 1.95 bits per heavy atom. The molecule has 102 valence electrons. The van der Waals surface area contributed by atoms with Gasteiger partial charge in [0.05, 0.1) is 6.54 Å². The largest absolute Gasteiger partial charge is 0.370 e. The highest BCUT2D eigenvalue weighted by molar-refractivity contribution is 7.09. The number of rotatable bonds is 6. The second kappa shape index (κ2) is 6.33. The van der Waals surface area contributed by atoms with Crippen molar-refractivity contribution in [3.8, 4) is 0 Å². The van der Waals surface area contributed by atoms with Crippen molar-refractivity contribution in [3.05, 3.63) is 22.1 Å². The first kappa shape index (κ1) is 13.5. The minimum absolute atomic E-state index is 0.263. The number of anilines is 3. The van der Waals surface area contributed by atoms with Gasteiger partial charge in [0.15, 0.2) is 0 Å². The smallest absolute Gasteiger partial charge is 0.223 e. The van der Waals surface area contributed by atoms with E-state index in [0.717, 1.165) is 29.5 Å². The number of nitrogens with two attached hydrogens (primary N) is 1. The van der Waals surface area contributed by atoms with E-state index in [1.165, 1.54) is 0 Å². The third kappa shape index (κ3) is 4.06. The molecule has 2 rings (SSSR count). The van der Waals surface area contributed by atoms with Gasteiger partial charge in [-0.05, 0) is 13.3 Å². The molecule has 0 bridgehead atoms. The lowest BCUT2D eigenvalue weighted by atomic mass is 10.4. The standard InChI is InChI=1S/C12H18N6S/c1-3-4-14-9-5-10(18-12(13)17-9)15-6-11-16-8(2)7-19-11/h5,7H,3-4,6H2,1-2H3,(H4,13,14,15,17,18). The van der Waals surface area contributed by atoms with E-state index in [1.807, 2.05) is 18.4 Å². The van der Waals surface area contributed by atoms with E-state index in [2.05, 4.69) is 32.5 Å². The van der Waals surface area contributed by atoms with Gasteiger partial charge in [-0.25, -0.2) is 4.98 Å². The lowest BCUT2D eigenvalue weighted by Gasteiger charge is -2.08. The zero-order valence-electron chi connectivity index (χ0n) is 11.1. The summed E-state index contributed by atoms with van der Waals surface area (Å²) in [6, 6.07) is 1.85. The molecular formula is C12H18N6S. The summed E-state index contributed by atoms with van der Waals surface area (Å²) >= 11 is 1.63. The van der Waals surface area contributed by atoms with E-state index in [1.54, 1.807) is 11.3 Å². The number of aromatic nitrogens is 3. The molecule has 0 aliphatic heterocycles. The quantitative estimate of drug-likeness (QED) is 0.751. The van der Waals surface area contributed by atoms with Crippen molar-refractivity contribution >= 4 is 28.9 Å². The summed E-state index contributed by atoms with van der Waals surface area (Å²) in [5.74, 6) is 1.71. The molecule has 7 heteroatoms. The Morgan fingerprint density at radius 1 is 1.21 bits per heavy atom. The summed E-state index contributed by atoms with van der Waals surface area (Å²) in [5, 5.41) is 9.46. The molecule has 19 heavy (non-hydrogen) atoms. The molecule has 0 aliphatic rings. The normalized spacial score (nSPS) is 10.4. The highest BCUT2D eigenvalue weighted by Gasteiger charge is 2.03. The van der Waals surface area contributed by atoms with Gasteiger partial charge in [-0.2, -0.15) is 9.97 Å². The van der Waals surface area contributed by atoms with Crippen LogP contribution in [-0.2, 0) is 6.54 Å². The molecule has 0 radical (unpaired) electrons. The van der Waals surface area contributed by atoms with Gasteiger partial charge >= 0.3 is 0 Å². The van der Waals surface area contributed by atoms with Gasteiger partial charge in [0, 0.05) is 23.7 Å². The maximum atomic E-state index is 5.69. The molecule has 0 aromatic carbocycles. The third-order valence-corrected chi connectivity index (χ3v) is 3.35. The first-order chi connectivity index (χ1) is 9.17. The van der Waals surface area contributed by atoms with Crippen LogP contribution in [0.25, 0.3) is 0 Å². The van der Waals surface area contributed by atoms with E-state index in [9.17, 15) is 0 Å². The topological polar surface area (TPSA) is 88.8 Å². The molecule has 0 atom stereocenters. The number of aryl methyl sites for hydroxylation is 1. The van der Waals surface area contributed by atoms with Crippen LogP contribution in [0.4, 0.5) is 17.6 Å². The van der Waals surface area contributed by atoms with Crippen LogP contribution in [-0.4, -0.2) is 21.5 Å². The van der Waals surface area contributed by atoms with Gasteiger partial charge in [0.25, 0.3) is 0 Å². The molecule has 6 nitrogen and oxygen atoms in total. The van der Waals surface area contributed by atoms with Crippen LogP contribution in [0.15, 0.2) is 11.4 Å². The summed E-state index contributed by atoms with van der Waals surface area (Å²) in [4.78, 5) is 12.7. The van der Waals surface area contributed by atoms with Crippen LogP contribution in [0, 0.1) is 6.92 Å². The van der Waals surface area contributed by atoms with Crippen molar-refractivity contribution in [3.63, 3.8) is 0 Å². The molecule has 0 amide bonds. The van der Waals surface area contributed by atoms with Crippen molar-refractivity contribution in [1.29, 1.82) is 0 Å². The van der Waals surface area contributed by atoms with Crippen LogP contribution >= 0.6 is 11.3 Å². The van der Waals surface area contributed by atoms with E-state index < -0.39 is 0 Å².